The normalized spacial score (nSPS) is 12.3. The molecule has 0 amide bonds. The van der Waals surface area contributed by atoms with Gasteiger partial charge in [-0.2, -0.15) is 0 Å². The quantitative estimate of drug-likeness (QED) is 0.610. The average Bonchev–Trinajstić information content (AvgIpc) is 2.39. The van der Waals surface area contributed by atoms with Gasteiger partial charge in [-0.15, -0.1) is 0 Å². The van der Waals surface area contributed by atoms with Gasteiger partial charge in [0.2, 0.25) is 0 Å². The van der Waals surface area contributed by atoms with Crippen molar-refractivity contribution < 1.29 is 13.5 Å². The summed E-state index contributed by atoms with van der Waals surface area (Å²) in [6.45, 7) is 1.82. The van der Waals surface area contributed by atoms with Crippen molar-refractivity contribution >= 4 is 31.9 Å². The molecule has 0 radical (unpaired) electrons. The van der Waals surface area contributed by atoms with Crippen LogP contribution in [-0.4, -0.2) is 7.11 Å². The predicted octanol–water partition coefficient (Wildman–Crippen LogP) is 5.53. The van der Waals surface area contributed by atoms with Gasteiger partial charge in [0, 0.05) is 11.6 Å². The lowest BCUT2D eigenvalue weighted by atomic mass is 10.0. The van der Waals surface area contributed by atoms with Gasteiger partial charge in [0.1, 0.15) is 17.4 Å². The Balaban J connectivity index is 2.52. The summed E-state index contributed by atoms with van der Waals surface area (Å²) in [5, 5.41) is 0. The minimum absolute atomic E-state index is 0.288. The van der Waals surface area contributed by atoms with Crippen LogP contribution in [0.1, 0.15) is 21.5 Å². The number of rotatable bonds is 3. The Morgan fingerprint density at radius 2 is 1.80 bits per heavy atom. The second kappa shape index (κ2) is 6.22. The van der Waals surface area contributed by atoms with E-state index in [1.165, 1.54) is 25.3 Å². The van der Waals surface area contributed by atoms with E-state index in [9.17, 15) is 8.78 Å². The summed E-state index contributed by atoms with van der Waals surface area (Å²) in [7, 11) is 1.47. The zero-order chi connectivity index (χ0) is 14.9. The van der Waals surface area contributed by atoms with E-state index in [0.29, 0.717) is 10.2 Å². The molecule has 0 aliphatic carbocycles. The molecule has 0 N–H and O–H groups in total. The van der Waals surface area contributed by atoms with Crippen LogP contribution in [0.3, 0.4) is 0 Å². The lowest BCUT2D eigenvalue weighted by Crippen LogP contribution is -1.99. The lowest BCUT2D eigenvalue weighted by Gasteiger charge is -2.16. The van der Waals surface area contributed by atoms with E-state index in [1.807, 2.05) is 13.0 Å². The molecule has 20 heavy (non-hydrogen) atoms. The van der Waals surface area contributed by atoms with Gasteiger partial charge in [-0.3, -0.25) is 0 Å². The minimum atomic E-state index is -0.402. The van der Waals surface area contributed by atoms with Crippen LogP contribution in [0.5, 0.6) is 5.75 Å². The third kappa shape index (κ3) is 3.20. The molecule has 0 aliphatic heterocycles. The number of hydrogen-bond acceptors (Lipinski definition) is 1. The molecule has 0 aliphatic rings. The molecule has 1 nitrogen and oxygen atoms in total. The van der Waals surface area contributed by atoms with E-state index in [1.54, 1.807) is 6.07 Å². The predicted molar refractivity (Wildman–Crippen MR) is 82.6 cm³/mol. The Morgan fingerprint density at radius 1 is 1.10 bits per heavy atom. The van der Waals surface area contributed by atoms with Crippen LogP contribution < -0.4 is 4.74 Å². The van der Waals surface area contributed by atoms with Gasteiger partial charge >= 0.3 is 0 Å². The van der Waals surface area contributed by atoms with Gasteiger partial charge in [-0.25, -0.2) is 8.78 Å². The zero-order valence-corrected chi connectivity index (χ0v) is 14.1. The van der Waals surface area contributed by atoms with Crippen molar-refractivity contribution in [2.24, 2.45) is 0 Å². The van der Waals surface area contributed by atoms with Gasteiger partial charge in [0.15, 0.2) is 0 Å². The molecular formula is C15H12Br2F2O. The monoisotopic (exact) mass is 404 g/mol. The van der Waals surface area contributed by atoms with Crippen molar-refractivity contribution in [1.82, 2.24) is 0 Å². The van der Waals surface area contributed by atoms with Crippen LogP contribution in [-0.2, 0) is 0 Å². The Morgan fingerprint density at radius 3 is 2.40 bits per heavy atom. The number of aryl methyl sites for hydroxylation is 1. The molecular weight excluding hydrogens is 394 g/mol. The van der Waals surface area contributed by atoms with E-state index in [4.69, 9.17) is 4.74 Å². The smallest absolute Gasteiger partial charge is 0.141 e. The first-order chi connectivity index (χ1) is 9.42. The number of halogens is 4. The van der Waals surface area contributed by atoms with Crippen molar-refractivity contribution in [2.45, 2.75) is 11.8 Å². The molecule has 5 heteroatoms. The van der Waals surface area contributed by atoms with Crippen LogP contribution >= 0.6 is 31.9 Å². The van der Waals surface area contributed by atoms with Crippen molar-refractivity contribution in [3.63, 3.8) is 0 Å². The van der Waals surface area contributed by atoms with E-state index in [-0.39, 0.29) is 10.6 Å². The number of hydrogen-bond donors (Lipinski definition) is 0. The first-order valence-electron chi connectivity index (χ1n) is 5.86. The van der Waals surface area contributed by atoms with Crippen LogP contribution in [0.15, 0.2) is 34.8 Å². The van der Waals surface area contributed by atoms with E-state index >= 15 is 0 Å². The Hall–Kier alpha value is -0.940. The van der Waals surface area contributed by atoms with Crippen LogP contribution in [0.4, 0.5) is 8.78 Å². The van der Waals surface area contributed by atoms with Crippen LogP contribution in [0, 0.1) is 18.6 Å². The van der Waals surface area contributed by atoms with E-state index < -0.39 is 5.82 Å². The van der Waals surface area contributed by atoms with Gasteiger partial charge in [-0.05, 0) is 52.2 Å². The van der Waals surface area contributed by atoms with Crippen LogP contribution in [0.25, 0.3) is 0 Å². The molecule has 0 fully saturated rings. The number of alkyl halides is 1. The van der Waals surface area contributed by atoms with Crippen molar-refractivity contribution in [1.29, 1.82) is 0 Å². The van der Waals surface area contributed by atoms with Crippen molar-refractivity contribution in [3.05, 3.63) is 63.1 Å². The Bertz CT molecular complexity index is 624. The molecule has 2 aromatic carbocycles. The first-order valence-corrected chi connectivity index (χ1v) is 7.57. The fourth-order valence-electron chi connectivity index (χ4n) is 2.01. The largest absolute Gasteiger partial charge is 0.496 e. The van der Waals surface area contributed by atoms with Gasteiger partial charge in [-0.1, -0.05) is 22.0 Å². The topological polar surface area (TPSA) is 9.23 Å². The molecule has 0 aromatic heterocycles. The van der Waals surface area contributed by atoms with Crippen molar-refractivity contribution in [2.75, 3.05) is 7.11 Å². The Labute approximate surface area is 133 Å². The van der Waals surface area contributed by atoms with Crippen molar-refractivity contribution in [3.8, 4) is 5.75 Å². The third-order valence-corrected chi connectivity index (χ3v) is 4.53. The highest BCUT2D eigenvalue weighted by Crippen LogP contribution is 2.39. The highest BCUT2D eigenvalue weighted by atomic mass is 79.9. The highest BCUT2D eigenvalue weighted by molar-refractivity contribution is 9.10. The van der Waals surface area contributed by atoms with E-state index in [0.717, 1.165) is 16.7 Å². The molecule has 0 saturated carbocycles. The summed E-state index contributed by atoms with van der Waals surface area (Å²) in [5.41, 5.74) is 2.30. The standard InChI is InChI=1S/C15H12Br2F2O/c1-8-3-9(5-10(18)4-8)15(17)11-6-12(16)13(19)7-14(11)20-2/h3-7,15H,1-2H3. The summed E-state index contributed by atoms with van der Waals surface area (Å²) < 4.78 is 32.6. The number of benzene rings is 2. The zero-order valence-electron chi connectivity index (χ0n) is 10.9. The summed E-state index contributed by atoms with van der Waals surface area (Å²) in [4.78, 5) is -0.288. The number of methoxy groups -OCH3 is 1. The lowest BCUT2D eigenvalue weighted by molar-refractivity contribution is 0.406. The minimum Gasteiger partial charge on any atom is -0.496 e. The van der Waals surface area contributed by atoms with Gasteiger partial charge < -0.3 is 4.74 Å². The molecule has 1 atom stereocenters. The summed E-state index contributed by atoms with van der Waals surface area (Å²) >= 11 is 6.68. The maximum atomic E-state index is 13.5. The fraction of sp³-hybridized carbons (Fsp3) is 0.200. The van der Waals surface area contributed by atoms with Gasteiger partial charge in [0.05, 0.1) is 16.4 Å². The third-order valence-electron chi connectivity index (χ3n) is 2.90. The molecule has 0 spiro atoms. The second-order valence-electron chi connectivity index (χ2n) is 4.43. The number of ether oxygens (including phenoxy) is 1. The fourth-order valence-corrected chi connectivity index (χ4v) is 2.99. The molecule has 2 rings (SSSR count). The SMILES string of the molecule is COc1cc(F)c(Br)cc1C(Br)c1cc(C)cc(F)c1. The Kier molecular flexibility index (Phi) is 4.81. The molecule has 1 unspecified atom stereocenters. The second-order valence-corrected chi connectivity index (χ2v) is 6.20. The van der Waals surface area contributed by atoms with E-state index in [2.05, 4.69) is 31.9 Å². The molecule has 0 saturated heterocycles. The molecule has 2 aromatic rings. The average molecular weight is 406 g/mol. The molecule has 0 heterocycles. The van der Waals surface area contributed by atoms with Gasteiger partial charge in [0.25, 0.3) is 0 Å². The summed E-state index contributed by atoms with van der Waals surface area (Å²) in [6.07, 6.45) is 0. The first kappa shape index (κ1) is 15.4. The summed E-state index contributed by atoms with van der Waals surface area (Å²) in [5.74, 6) is -0.292. The maximum absolute atomic E-state index is 13.5. The summed E-state index contributed by atoms with van der Waals surface area (Å²) in [6, 6.07) is 7.72. The van der Waals surface area contributed by atoms with Crippen LogP contribution in [0.2, 0.25) is 0 Å². The maximum Gasteiger partial charge on any atom is 0.141 e. The molecule has 0 bridgehead atoms. The highest BCUT2D eigenvalue weighted by Gasteiger charge is 2.18. The molecule has 106 valence electrons.